The molecule has 0 spiro atoms. The lowest BCUT2D eigenvalue weighted by molar-refractivity contribution is 0.0888. The number of benzene rings is 1. The molecule has 0 atom stereocenters. The number of ketones is 1. The van der Waals surface area contributed by atoms with E-state index in [-0.39, 0.29) is 22.7 Å². The fraction of sp³-hybridized carbons (Fsp3) is 0.412. The molecule has 0 unspecified atom stereocenters. The van der Waals surface area contributed by atoms with Crippen LogP contribution < -0.4 is 10.2 Å². The van der Waals surface area contributed by atoms with Gasteiger partial charge < -0.3 is 9.72 Å². The molecule has 0 amide bonds. The number of carbonyl (C=O) groups excluding carboxylic acids is 1. The maximum absolute atomic E-state index is 12.6. The first-order chi connectivity index (χ1) is 10.2. The van der Waals surface area contributed by atoms with Gasteiger partial charge in [0.1, 0.15) is 5.75 Å². The number of hydrogen-bond acceptors (Lipinski definition) is 3. The standard InChI is InChI=1S/C17H19NO3/c1-21-14-9-5-8-12-15(14)18-10-13(17(12)20)16(19)11-6-3-2-4-7-11/h5,8-11H,2-4,6-7H2,1H3,(H,18,20). The first kappa shape index (κ1) is 13.9. The Hall–Kier alpha value is -2.10. The minimum Gasteiger partial charge on any atom is -0.495 e. The predicted octanol–water partition coefficient (Wildman–Crippen LogP) is 3.30. The molecule has 1 fully saturated rings. The van der Waals surface area contributed by atoms with E-state index in [1.54, 1.807) is 31.5 Å². The van der Waals surface area contributed by atoms with E-state index < -0.39 is 0 Å². The number of methoxy groups -OCH3 is 1. The number of fused-ring (bicyclic) bond motifs is 1. The van der Waals surface area contributed by atoms with E-state index >= 15 is 0 Å². The number of nitrogens with one attached hydrogen (secondary N) is 1. The van der Waals surface area contributed by atoms with Gasteiger partial charge in [-0.3, -0.25) is 9.59 Å². The summed E-state index contributed by atoms with van der Waals surface area (Å²) in [6, 6.07) is 5.29. The summed E-state index contributed by atoms with van der Waals surface area (Å²) in [4.78, 5) is 28.2. The number of Topliss-reactive ketones (excluding diaryl/α,β-unsaturated/α-hetero) is 1. The Bertz CT molecular complexity index is 726. The highest BCUT2D eigenvalue weighted by molar-refractivity contribution is 6.00. The minimum absolute atomic E-state index is 0.00269. The lowest BCUT2D eigenvalue weighted by Gasteiger charge is -2.20. The molecule has 0 saturated heterocycles. The summed E-state index contributed by atoms with van der Waals surface area (Å²) in [6.07, 6.45) is 6.69. The van der Waals surface area contributed by atoms with Gasteiger partial charge >= 0.3 is 0 Å². The van der Waals surface area contributed by atoms with Crippen molar-refractivity contribution in [3.05, 3.63) is 40.2 Å². The maximum Gasteiger partial charge on any atom is 0.200 e. The van der Waals surface area contributed by atoms with Crippen LogP contribution in [0, 0.1) is 5.92 Å². The monoisotopic (exact) mass is 285 g/mol. The van der Waals surface area contributed by atoms with Gasteiger partial charge in [-0.05, 0) is 25.0 Å². The normalized spacial score (nSPS) is 16.0. The van der Waals surface area contributed by atoms with E-state index in [1.165, 1.54) is 6.42 Å². The van der Waals surface area contributed by atoms with Crippen LogP contribution in [0.25, 0.3) is 10.9 Å². The zero-order valence-corrected chi connectivity index (χ0v) is 12.1. The van der Waals surface area contributed by atoms with Crippen molar-refractivity contribution in [3.63, 3.8) is 0 Å². The van der Waals surface area contributed by atoms with Crippen LogP contribution in [0.3, 0.4) is 0 Å². The lowest BCUT2D eigenvalue weighted by Crippen LogP contribution is -2.24. The molecule has 2 aromatic rings. The van der Waals surface area contributed by atoms with Crippen molar-refractivity contribution >= 4 is 16.7 Å². The fourth-order valence-electron chi connectivity index (χ4n) is 3.16. The van der Waals surface area contributed by atoms with Crippen molar-refractivity contribution in [1.82, 2.24) is 4.98 Å². The molecule has 4 heteroatoms. The number of aromatic amines is 1. The Morgan fingerprint density at radius 3 is 2.71 bits per heavy atom. The third-order valence-corrected chi connectivity index (χ3v) is 4.34. The van der Waals surface area contributed by atoms with Crippen LogP contribution in [-0.2, 0) is 0 Å². The average molecular weight is 285 g/mol. The van der Waals surface area contributed by atoms with Crippen molar-refractivity contribution in [2.45, 2.75) is 32.1 Å². The smallest absolute Gasteiger partial charge is 0.200 e. The third kappa shape index (κ3) is 2.46. The Balaban J connectivity index is 2.06. The van der Waals surface area contributed by atoms with E-state index in [4.69, 9.17) is 4.74 Å². The molecule has 21 heavy (non-hydrogen) atoms. The van der Waals surface area contributed by atoms with E-state index in [9.17, 15) is 9.59 Å². The Labute approximate surface area is 123 Å². The van der Waals surface area contributed by atoms with Gasteiger partial charge in [-0.25, -0.2) is 0 Å². The molecule has 0 radical (unpaired) electrons. The van der Waals surface area contributed by atoms with Gasteiger partial charge in [0.25, 0.3) is 0 Å². The van der Waals surface area contributed by atoms with Gasteiger partial charge in [-0.1, -0.05) is 25.3 Å². The molecule has 110 valence electrons. The van der Waals surface area contributed by atoms with Crippen LogP contribution in [0.4, 0.5) is 0 Å². The summed E-state index contributed by atoms with van der Waals surface area (Å²) in [5.74, 6) is 0.602. The molecule has 1 N–H and O–H groups in total. The summed E-state index contributed by atoms with van der Waals surface area (Å²) in [5, 5.41) is 0.510. The summed E-state index contributed by atoms with van der Waals surface area (Å²) in [6.45, 7) is 0. The molecule has 1 heterocycles. The van der Waals surface area contributed by atoms with Crippen LogP contribution in [0.15, 0.2) is 29.2 Å². The summed E-state index contributed by atoms with van der Waals surface area (Å²) < 4.78 is 5.24. The van der Waals surface area contributed by atoms with Crippen LogP contribution >= 0.6 is 0 Å². The zero-order valence-electron chi connectivity index (χ0n) is 12.1. The van der Waals surface area contributed by atoms with E-state index in [1.807, 2.05) is 0 Å². The third-order valence-electron chi connectivity index (χ3n) is 4.34. The molecule has 1 aliphatic carbocycles. The second-order valence-corrected chi connectivity index (χ2v) is 5.61. The summed E-state index contributed by atoms with van der Waals surface area (Å²) in [5.41, 5.74) is 0.728. The Morgan fingerprint density at radius 2 is 2.00 bits per heavy atom. The second kappa shape index (κ2) is 5.72. The van der Waals surface area contributed by atoms with Gasteiger partial charge in [-0.2, -0.15) is 0 Å². The first-order valence-corrected chi connectivity index (χ1v) is 7.45. The van der Waals surface area contributed by atoms with E-state index in [0.29, 0.717) is 16.7 Å². The van der Waals surface area contributed by atoms with Crippen LogP contribution in [0.1, 0.15) is 42.5 Å². The molecule has 1 aromatic carbocycles. The molecule has 1 aliphatic rings. The van der Waals surface area contributed by atoms with E-state index in [2.05, 4.69) is 4.98 Å². The maximum atomic E-state index is 12.6. The highest BCUT2D eigenvalue weighted by Gasteiger charge is 2.25. The molecule has 1 aromatic heterocycles. The second-order valence-electron chi connectivity index (χ2n) is 5.61. The number of pyridine rings is 1. The van der Waals surface area contributed by atoms with Gasteiger partial charge in [0, 0.05) is 12.1 Å². The highest BCUT2D eigenvalue weighted by Crippen LogP contribution is 2.27. The molecule has 0 aliphatic heterocycles. The Kier molecular flexibility index (Phi) is 3.78. The average Bonchev–Trinajstić information content (AvgIpc) is 2.55. The van der Waals surface area contributed by atoms with Crippen molar-refractivity contribution < 1.29 is 9.53 Å². The SMILES string of the molecule is COc1cccc2c(=O)c(C(=O)C3CCCCC3)c[nH]c12. The van der Waals surface area contributed by atoms with Crippen LogP contribution in [0.5, 0.6) is 5.75 Å². The lowest BCUT2D eigenvalue weighted by atomic mass is 9.84. The predicted molar refractivity (Wildman–Crippen MR) is 82.0 cm³/mol. The van der Waals surface area contributed by atoms with Gasteiger partial charge in [0.2, 0.25) is 0 Å². The molecule has 3 rings (SSSR count). The molecule has 0 bridgehead atoms. The molecule has 4 nitrogen and oxygen atoms in total. The summed E-state index contributed by atoms with van der Waals surface area (Å²) >= 11 is 0. The quantitative estimate of drug-likeness (QED) is 0.880. The largest absolute Gasteiger partial charge is 0.495 e. The number of H-pyrrole nitrogens is 1. The number of rotatable bonds is 3. The van der Waals surface area contributed by atoms with Crippen molar-refractivity contribution in [3.8, 4) is 5.75 Å². The Morgan fingerprint density at radius 1 is 1.24 bits per heavy atom. The van der Waals surface area contributed by atoms with Crippen molar-refractivity contribution in [2.75, 3.05) is 7.11 Å². The van der Waals surface area contributed by atoms with Gasteiger partial charge in [0.05, 0.1) is 23.6 Å². The number of hydrogen-bond donors (Lipinski definition) is 1. The van der Waals surface area contributed by atoms with Crippen LogP contribution in [-0.4, -0.2) is 17.9 Å². The minimum atomic E-state index is -0.196. The number of aromatic nitrogens is 1. The molecular weight excluding hydrogens is 266 g/mol. The van der Waals surface area contributed by atoms with Crippen molar-refractivity contribution in [1.29, 1.82) is 0 Å². The first-order valence-electron chi connectivity index (χ1n) is 7.45. The number of carbonyl (C=O) groups is 1. The number of para-hydroxylation sites is 1. The fourth-order valence-corrected chi connectivity index (χ4v) is 3.16. The van der Waals surface area contributed by atoms with E-state index in [0.717, 1.165) is 25.7 Å². The summed E-state index contributed by atoms with van der Waals surface area (Å²) in [7, 11) is 1.56. The van der Waals surface area contributed by atoms with Crippen LogP contribution in [0.2, 0.25) is 0 Å². The molecule has 1 saturated carbocycles. The topological polar surface area (TPSA) is 59.2 Å². The highest BCUT2D eigenvalue weighted by atomic mass is 16.5. The molecular formula is C17H19NO3. The zero-order chi connectivity index (χ0) is 14.8. The van der Waals surface area contributed by atoms with Crippen molar-refractivity contribution in [2.24, 2.45) is 5.92 Å². The van der Waals surface area contributed by atoms with Gasteiger partial charge in [0.15, 0.2) is 11.2 Å². The van der Waals surface area contributed by atoms with Gasteiger partial charge in [-0.15, -0.1) is 0 Å². The number of ether oxygens (including phenoxy) is 1.